The van der Waals surface area contributed by atoms with Gasteiger partial charge in [-0.25, -0.2) is 9.97 Å². The minimum Gasteiger partial charge on any atom is -0.317 e. The van der Waals surface area contributed by atoms with E-state index < -0.39 is 0 Å². The lowest BCUT2D eigenvalue weighted by Crippen LogP contribution is -2.34. The van der Waals surface area contributed by atoms with Crippen LogP contribution in [0.15, 0.2) is 29.5 Å². The van der Waals surface area contributed by atoms with E-state index in [9.17, 15) is 4.79 Å². The summed E-state index contributed by atoms with van der Waals surface area (Å²) < 4.78 is 1.75. The first-order chi connectivity index (χ1) is 8.36. The maximum absolute atomic E-state index is 12.3. The van der Waals surface area contributed by atoms with Crippen molar-refractivity contribution < 1.29 is 0 Å². The summed E-state index contributed by atoms with van der Waals surface area (Å²) >= 11 is 0. The summed E-state index contributed by atoms with van der Waals surface area (Å²) in [6.45, 7) is 1.92. The molecule has 2 aromatic heterocycles. The SMILES string of the molecule is Cl.O=c1c2cccnc2ncn1C1CCNCC1. The maximum atomic E-state index is 12.3. The zero-order chi connectivity index (χ0) is 11.7. The molecule has 0 aliphatic carbocycles. The van der Waals surface area contributed by atoms with Crippen molar-refractivity contribution in [2.24, 2.45) is 0 Å². The molecule has 96 valence electrons. The summed E-state index contributed by atoms with van der Waals surface area (Å²) in [4.78, 5) is 20.6. The van der Waals surface area contributed by atoms with Gasteiger partial charge in [-0.15, -0.1) is 12.4 Å². The van der Waals surface area contributed by atoms with Crippen LogP contribution in [0.5, 0.6) is 0 Å². The minimum absolute atomic E-state index is 0. The third kappa shape index (κ3) is 2.23. The third-order valence-corrected chi connectivity index (χ3v) is 3.26. The molecule has 5 nitrogen and oxygen atoms in total. The van der Waals surface area contributed by atoms with Crippen LogP contribution in [-0.4, -0.2) is 27.6 Å². The van der Waals surface area contributed by atoms with Crippen molar-refractivity contribution >= 4 is 23.4 Å². The summed E-state index contributed by atoms with van der Waals surface area (Å²) in [6, 6.07) is 3.83. The number of piperidine rings is 1. The number of nitrogens with one attached hydrogen (secondary N) is 1. The zero-order valence-corrected chi connectivity index (χ0v) is 10.7. The highest BCUT2D eigenvalue weighted by Crippen LogP contribution is 2.16. The third-order valence-electron chi connectivity index (χ3n) is 3.26. The van der Waals surface area contributed by atoms with Gasteiger partial charge in [-0.2, -0.15) is 0 Å². The number of fused-ring (bicyclic) bond motifs is 1. The van der Waals surface area contributed by atoms with Gasteiger partial charge < -0.3 is 5.32 Å². The Balaban J connectivity index is 0.00000120. The van der Waals surface area contributed by atoms with Gasteiger partial charge in [0, 0.05) is 12.2 Å². The van der Waals surface area contributed by atoms with Crippen molar-refractivity contribution in [2.45, 2.75) is 18.9 Å². The van der Waals surface area contributed by atoms with E-state index in [1.165, 1.54) is 0 Å². The van der Waals surface area contributed by atoms with Crippen LogP contribution in [0.1, 0.15) is 18.9 Å². The average Bonchev–Trinajstić information content (AvgIpc) is 2.40. The van der Waals surface area contributed by atoms with Crippen LogP contribution in [0.2, 0.25) is 0 Å². The molecule has 1 aliphatic rings. The van der Waals surface area contributed by atoms with Crippen LogP contribution in [-0.2, 0) is 0 Å². The highest BCUT2D eigenvalue weighted by Gasteiger charge is 2.17. The largest absolute Gasteiger partial charge is 0.317 e. The Hall–Kier alpha value is -1.46. The normalized spacial score (nSPS) is 16.4. The number of pyridine rings is 1. The second-order valence-corrected chi connectivity index (χ2v) is 4.31. The number of halogens is 1. The highest BCUT2D eigenvalue weighted by molar-refractivity contribution is 5.85. The number of hydrogen-bond acceptors (Lipinski definition) is 4. The Bertz CT molecular complexity index is 592. The monoisotopic (exact) mass is 266 g/mol. The fourth-order valence-electron chi connectivity index (χ4n) is 2.32. The molecule has 3 heterocycles. The highest BCUT2D eigenvalue weighted by atomic mass is 35.5. The second kappa shape index (κ2) is 5.46. The van der Waals surface area contributed by atoms with Crippen molar-refractivity contribution in [2.75, 3.05) is 13.1 Å². The number of rotatable bonds is 1. The number of aromatic nitrogens is 3. The van der Waals surface area contributed by atoms with Gasteiger partial charge >= 0.3 is 0 Å². The maximum Gasteiger partial charge on any atom is 0.263 e. The first kappa shape index (κ1) is 13.0. The molecule has 0 aromatic carbocycles. The number of hydrogen-bond donors (Lipinski definition) is 1. The molecule has 6 heteroatoms. The molecule has 0 spiro atoms. The first-order valence-electron chi connectivity index (χ1n) is 5.89. The van der Waals surface area contributed by atoms with E-state index in [1.54, 1.807) is 29.2 Å². The fraction of sp³-hybridized carbons (Fsp3) is 0.417. The summed E-state index contributed by atoms with van der Waals surface area (Å²) in [6.07, 6.45) is 5.25. The van der Waals surface area contributed by atoms with Crippen LogP contribution < -0.4 is 10.9 Å². The van der Waals surface area contributed by atoms with Crippen molar-refractivity contribution in [3.8, 4) is 0 Å². The zero-order valence-electron chi connectivity index (χ0n) is 9.87. The molecule has 2 aromatic rings. The van der Waals surface area contributed by atoms with Crippen LogP contribution in [0.25, 0.3) is 11.0 Å². The summed E-state index contributed by atoms with van der Waals surface area (Å²) in [5, 5.41) is 3.90. The van der Waals surface area contributed by atoms with Crippen molar-refractivity contribution in [1.82, 2.24) is 19.9 Å². The predicted molar refractivity (Wildman–Crippen MR) is 72.2 cm³/mol. The average molecular weight is 267 g/mol. The molecule has 0 radical (unpaired) electrons. The lowest BCUT2D eigenvalue weighted by molar-refractivity contribution is 0.359. The molecule has 0 atom stereocenters. The van der Waals surface area contributed by atoms with E-state index in [-0.39, 0.29) is 24.0 Å². The topological polar surface area (TPSA) is 59.8 Å². The lowest BCUT2D eigenvalue weighted by Gasteiger charge is -2.24. The number of nitrogens with zero attached hydrogens (tertiary/aromatic N) is 3. The van der Waals surface area contributed by atoms with Crippen LogP contribution in [0.3, 0.4) is 0 Å². The van der Waals surface area contributed by atoms with Gasteiger partial charge in [0.05, 0.1) is 5.39 Å². The molecule has 1 aliphatic heterocycles. The fourth-order valence-corrected chi connectivity index (χ4v) is 2.32. The van der Waals surface area contributed by atoms with Crippen molar-refractivity contribution in [3.05, 3.63) is 35.0 Å². The minimum atomic E-state index is 0. The van der Waals surface area contributed by atoms with Gasteiger partial charge in [-0.3, -0.25) is 9.36 Å². The standard InChI is InChI=1S/C12H14N4O.ClH/c17-12-10-2-1-5-14-11(10)15-8-16(12)9-3-6-13-7-4-9;/h1-2,5,8-9,13H,3-4,6-7H2;1H. The molecule has 0 unspecified atom stereocenters. The van der Waals surface area contributed by atoms with Crippen molar-refractivity contribution in [1.29, 1.82) is 0 Å². The molecule has 18 heavy (non-hydrogen) atoms. The molecule has 1 saturated heterocycles. The van der Waals surface area contributed by atoms with Gasteiger partial charge in [0.15, 0.2) is 5.65 Å². The molecule has 0 bridgehead atoms. The molecular weight excluding hydrogens is 252 g/mol. The molecule has 3 rings (SSSR count). The van der Waals surface area contributed by atoms with Gasteiger partial charge in [0.25, 0.3) is 5.56 Å². The van der Waals surface area contributed by atoms with E-state index in [4.69, 9.17) is 0 Å². The summed E-state index contributed by atoms with van der Waals surface area (Å²) in [5.41, 5.74) is 0.553. The smallest absolute Gasteiger partial charge is 0.263 e. The van der Waals surface area contributed by atoms with Crippen molar-refractivity contribution in [3.63, 3.8) is 0 Å². The van der Waals surface area contributed by atoms with E-state index in [0.717, 1.165) is 25.9 Å². The quantitative estimate of drug-likeness (QED) is 0.841. The predicted octanol–water partition coefficient (Wildman–Crippen LogP) is 1.14. The van der Waals surface area contributed by atoms with Crippen LogP contribution in [0, 0.1) is 0 Å². The Labute approximate surface area is 111 Å². The van der Waals surface area contributed by atoms with Gasteiger partial charge in [-0.05, 0) is 38.1 Å². The molecule has 0 saturated carbocycles. The Kier molecular flexibility index (Phi) is 3.93. The van der Waals surface area contributed by atoms with Gasteiger partial charge in [0.1, 0.15) is 6.33 Å². The second-order valence-electron chi connectivity index (χ2n) is 4.31. The Morgan fingerprint density at radius 2 is 2.06 bits per heavy atom. The molecule has 1 fully saturated rings. The molecule has 0 amide bonds. The van der Waals surface area contributed by atoms with Crippen LogP contribution in [0.4, 0.5) is 0 Å². The summed E-state index contributed by atoms with van der Waals surface area (Å²) in [7, 11) is 0. The van der Waals surface area contributed by atoms with E-state index in [0.29, 0.717) is 11.0 Å². The van der Waals surface area contributed by atoms with E-state index >= 15 is 0 Å². The Morgan fingerprint density at radius 3 is 2.83 bits per heavy atom. The molecule has 1 N–H and O–H groups in total. The Morgan fingerprint density at radius 1 is 1.28 bits per heavy atom. The first-order valence-corrected chi connectivity index (χ1v) is 5.89. The van der Waals surface area contributed by atoms with Gasteiger partial charge in [0.2, 0.25) is 0 Å². The van der Waals surface area contributed by atoms with Crippen LogP contribution >= 0.6 is 12.4 Å². The van der Waals surface area contributed by atoms with E-state index in [2.05, 4.69) is 15.3 Å². The molecular formula is C12H15ClN4O. The van der Waals surface area contributed by atoms with E-state index in [1.807, 2.05) is 0 Å². The lowest BCUT2D eigenvalue weighted by atomic mass is 10.1. The summed E-state index contributed by atoms with van der Waals surface area (Å²) in [5.74, 6) is 0. The van der Waals surface area contributed by atoms with Gasteiger partial charge in [-0.1, -0.05) is 0 Å².